The van der Waals surface area contributed by atoms with Gasteiger partial charge in [0.05, 0.1) is 5.56 Å². The second-order valence-electron chi connectivity index (χ2n) is 3.88. The van der Waals surface area contributed by atoms with Gasteiger partial charge in [-0.2, -0.15) is 0 Å². The molecule has 0 amide bonds. The molecule has 20 heavy (non-hydrogen) atoms. The van der Waals surface area contributed by atoms with E-state index in [9.17, 15) is 27.1 Å². The zero-order chi connectivity index (χ0) is 14.9. The third-order valence-electron chi connectivity index (χ3n) is 2.61. The number of rotatable bonds is 2. The summed E-state index contributed by atoms with van der Waals surface area (Å²) >= 11 is 0. The summed E-state index contributed by atoms with van der Waals surface area (Å²) in [5, 5.41) is 9.43. The van der Waals surface area contributed by atoms with Crippen LogP contribution in [-0.2, 0) is 0 Å². The maximum atomic E-state index is 13.4. The van der Waals surface area contributed by atoms with Gasteiger partial charge in [-0.3, -0.25) is 0 Å². The first-order valence-corrected chi connectivity index (χ1v) is 5.41. The number of phenolic OH excluding ortho intramolecular Hbond substituents is 1. The lowest BCUT2D eigenvalue weighted by atomic mass is 10.1. The molecule has 0 aliphatic rings. The van der Waals surface area contributed by atoms with Gasteiger partial charge in [-0.05, 0) is 12.1 Å². The fraction of sp³-hybridized carbons (Fsp3) is 0. The molecule has 0 aliphatic carbocycles. The van der Waals surface area contributed by atoms with Gasteiger partial charge in [0.2, 0.25) is 5.82 Å². The third kappa shape index (κ3) is 2.36. The average Bonchev–Trinajstić information content (AvgIpc) is 2.45. The first kappa shape index (κ1) is 14.0. The number of para-hydroxylation sites is 1. The molecule has 0 heterocycles. The van der Waals surface area contributed by atoms with Crippen molar-refractivity contribution in [1.29, 1.82) is 0 Å². The topological polar surface area (TPSA) is 20.2 Å². The van der Waals surface area contributed by atoms with E-state index in [0.717, 1.165) is 6.08 Å². The Morgan fingerprint density at radius 1 is 0.700 bits per heavy atom. The minimum absolute atomic E-state index is 0.177. The maximum absolute atomic E-state index is 13.4. The van der Waals surface area contributed by atoms with Crippen LogP contribution in [0.2, 0.25) is 0 Å². The zero-order valence-corrected chi connectivity index (χ0v) is 9.80. The summed E-state index contributed by atoms with van der Waals surface area (Å²) in [5.41, 5.74) is -0.888. The van der Waals surface area contributed by atoms with Crippen molar-refractivity contribution in [1.82, 2.24) is 0 Å². The molecule has 0 atom stereocenters. The first-order valence-electron chi connectivity index (χ1n) is 5.41. The van der Waals surface area contributed by atoms with Gasteiger partial charge in [0.25, 0.3) is 0 Å². The standard InChI is InChI=1S/C14H7F5O/c15-10-8(11(16)13(18)14(19)12(10)17)6-5-7-3-1-2-4-9(7)20/h1-6,20H/b6-5+. The van der Waals surface area contributed by atoms with E-state index in [4.69, 9.17) is 0 Å². The lowest BCUT2D eigenvalue weighted by Crippen LogP contribution is -2.03. The van der Waals surface area contributed by atoms with Crippen molar-refractivity contribution < 1.29 is 27.1 Å². The van der Waals surface area contributed by atoms with E-state index in [1.165, 1.54) is 24.3 Å². The van der Waals surface area contributed by atoms with E-state index in [0.29, 0.717) is 6.08 Å². The molecular weight excluding hydrogens is 279 g/mol. The molecule has 2 aromatic carbocycles. The first-order chi connectivity index (χ1) is 9.43. The molecule has 0 bridgehead atoms. The third-order valence-corrected chi connectivity index (χ3v) is 2.61. The molecule has 0 spiro atoms. The largest absolute Gasteiger partial charge is 0.507 e. The second-order valence-corrected chi connectivity index (χ2v) is 3.88. The van der Waals surface area contributed by atoms with Gasteiger partial charge in [-0.25, -0.2) is 22.0 Å². The fourth-order valence-corrected chi connectivity index (χ4v) is 1.57. The SMILES string of the molecule is Oc1ccccc1/C=C/c1c(F)c(F)c(F)c(F)c1F. The Kier molecular flexibility index (Phi) is 3.74. The lowest BCUT2D eigenvalue weighted by Gasteiger charge is -2.04. The molecule has 6 heteroatoms. The summed E-state index contributed by atoms with van der Waals surface area (Å²) in [4.78, 5) is 0. The smallest absolute Gasteiger partial charge is 0.200 e. The van der Waals surface area contributed by atoms with Crippen LogP contribution in [0.4, 0.5) is 22.0 Å². The van der Waals surface area contributed by atoms with E-state index >= 15 is 0 Å². The van der Waals surface area contributed by atoms with E-state index in [1.807, 2.05) is 0 Å². The number of aromatic hydroxyl groups is 1. The minimum Gasteiger partial charge on any atom is -0.507 e. The van der Waals surface area contributed by atoms with E-state index < -0.39 is 34.6 Å². The molecule has 1 nitrogen and oxygen atoms in total. The summed E-state index contributed by atoms with van der Waals surface area (Å²) in [6.45, 7) is 0. The van der Waals surface area contributed by atoms with E-state index in [2.05, 4.69) is 0 Å². The summed E-state index contributed by atoms with van der Waals surface area (Å²) in [5.74, 6) is -10.3. The molecule has 104 valence electrons. The Morgan fingerprint density at radius 3 is 1.75 bits per heavy atom. The van der Waals surface area contributed by atoms with Crippen molar-refractivity contribution in [2.45, 2.75) is 0 Å². The van der Waals surface area contributed by atoms with Crippen molar-refractivity contribution in [3.8, 4) is 5.75 Å². The molecule has 0 aliphatic heterocycles. The quantitative estimate of drug-likeness (QED) is 0.378. The number of phenols is 1. The molecule has 2 rings (SSSR count). The highest BCUT2D eigenvalue weighted by Gasteiger charge is 2.24. The van der Waals surface area contributed by atoms with Gasteiger partial charge in [0.1, 0.15) is 5.75 Å². The van der Waals surface area contributed by atoms with Crippen LogP contribution in [0.25, 0.3) is 12.2 Å². The molecule has 0 unspecified atom stereocenters. The average molecular weight is 286 g/mol. The van der Waals surface area contributed by atoms with Crippen LogP contribution in [0, 0.1) is 29.1 Å². The highest BCUT2D eigenvalue weighted by atomic mass is 19.2. The van der Waals surface area contributed by atoms with Crippen LogP contribution in [0.3, 0.4) is 0 Å². The van der Waals surface area contributed by atoms with Gasteiger partial charge >= 0.3 is 0 Å². The maximum Gasteiger partial charge on any atom is 0.200 e. The van der Waals surface area contributed by atoms with Crippen molar-refractivity contribution >= 4 is 12.2 Å². The molecular formula is C14H7F5O. The Hall–Kier alpha value is -2.37. The predicted molar refractivity (Wildman–Crippen MR) is 63.3 cm³/mol. The van der Waals surface area contributed by atoms with Gasteiger partial charge in [0, 0.05) is 5.56 Å². The molecule has 2 aromatic rings. The molecule has 1 N–H and O–H groups in total. The summed E-state index contributed by atoms with van der Waals surface area (Å²) in [6, 6.07) is 5.79. The highest BCUT2D eigenvalue weighted by Crippen LogP contribution is 2.25. The van der Waals surface area contributed by atoms with Crippen LogP contribution < -0.4 is 0 Å². The van der Waals surface area contributed by atoms with Gasteiger partial charge in [-0.1, -0.05) is 24.3 Å². The molecule has 0 aromatic heterocycles. The van der Waals surface area contributed by atoms with Crippen LogP contribution in [-0.4, -0.2) is 5.11 Å². The zero-order valence-electron chi connectivity index (χ0n) is 9.80. The number of hydrogen-bond acceptors (Lipinski definition) is 1. The second kappa shape index (κ2) is 5.32. The predicted octanol–water partition coefficient (Wildman–Crippen LogP) is 4.26. The molecule has 0 saturated heterocycles. The summed E-state index contributed by atoms with van der Waals surface area (Å²) in [6.07, 6.45) is 1.76. The summed E-state index contributed by atoms with van der Waals surface area (Å²) < 4.78 is 65.5. The highest BCUT2D eigenvalue weighted by molar-refractivity contribution is 5.72. The van der Waals surface area contributed by atoms with Crippen molar-refractivity contribution in [3.05, 3.63) is 64.5 Å². The van der Waals surface area contributed by atoms with Crippen LogP contribution in [0.15, 0.2) is 24.3 Å². The molecule has 0 radical (unpaired) electrons. The van der Waals surface area contributed by atoms with Crippen molar-refractivity contribution in [2.75, 3.05) is 0 Å². The number of halogens is 5. The monoisotopic (exact) mass is 286 g/mol. The minimum atomic E-state index is -2.21. The number of hydrogen-bond donors (Lipinski definition) is 1. The van der Waals surface area contributed by atoms with Crippen molar-refractivity contribution in [2.24, 2.45) is 0 Å². The van der Waals surface area contributed by atoms with Gasteiger partial charge < -0.3 is 5.11 Å². The Balaban J connectivity index is 2.53. The normalized spacial score (nSPS) is 11.2. The molecule has 0 fully saturated rings. The van der Waals surface area contributed by atoms with Crippen LogP contribution >= 0.6 is 0 Å². The van der Waals surface area contributed by atoms with E-state index in [1.54, 1.807) is 0 Å². The van der Waals surface area contributed by atoms with Crippen LogP contribution in [0.5, 0.6) is 5.75 Å². The lowest BCUT2D eigenvalue weighted by molar-refractivity contribution is 0.377. The van der Waals surface area contributed by atoms with Gasteiger partial charge in [-0.15, -0.1) is 0 Å². The number of benzene rings is 2. The van der Waals surface area contributed by atoms with Gasteiger partial charge in [0.15, 0.2) is 23.3 Å². The van der Waals surface area contributed by atoms with Crippen LogP contribution in [0.1, 0.15) is 11.1 Å². The Morgan fingerprint density at radius 2 is 1.20 bits per heavy atom. The summed E-state index contributed by atoms with van der Waals surface area (Å²) in [7, 11) is 0. The fourth-order valence-electron chi connectivity index (χ4n) is 1.57. The molecule has 0 saturated carbocycles. The Bertz CT molecular complexity index is 665. The Labute approximate surface area is 110 Å². The van der Waals surface area contributed by atoms with Crippen molar-refractivity contribution in [3.63, 3.8) is 0 Å². The van der Waals surface area contributed by atoms with E-state index in [-0.39, 0.29) is 11.3 Å².